The van der Waals surface area contributed by atoms with Crippen LogP contribution in [0.5, 0.6) is 23.1 Å². The summed E-state index contributed by atoms with van der Waals surface area (Å²) < 4.78 is 29.4. The molecule has 0 radical (unpaired) electrons. The van der Waals surface area contributed by atoms with Crippen molar-refractivity contribution in [2.45, 2.75) is 0 Å². The van der Waals surface area contributed by atoms with Gasteiger partial charge in [0.25, 0.3) is 5.88 Å². The Morgan fingerprint density at radius 2 is 1.85 bits per heavy atom. The summed E-state index contributed by atoms with van der Waals surface area (Å²) in [5, 5.41) is 0. The molecule has 7 nitrogen and oxygen atoms in total. The van der Waals surface area contributed by atoms with E-state index >= 15 is 0 Å². The molecule has 1 aromatic heterocycles. The Balaban J connectivity index is 2.43. The first-order valence-corrected chi connectivity index (χ1v) is 5.57. The minimum atomic E-state index is -0.739. The molecule has 0 aliphatic heterocycles. The van der Waals surface area contributed by atoms with E-state index in [1.54, 1.807) is 18.2 Å². The van der Waals surface area contributed by atoms with Gasteiger partial charge in [-0.15, -0.1) is 0 Å². The first kappa shape index (κ1) is 13.8. The third-order valence-electron chi connectivity index (χ3n) is 2.42. The maximum absolute atomic E-state index is 13.7. The molecule has 2 rings (SSSR count). The number of hydrazine groups is 1. The van der Waals surface area contributed by atoms with E-state index in [-0.39, 0.29) is 17.6 Å². The molecule has 0 unspecified atom stereocenters. The van der Waals surface area contributed by atoms with Gasteiger partial charge < -0.3 is 14.2 Å². The number of anilines is 1. The van der Waals surface area contributed by atoms with E-state index in [1.165, 1.54) is 14.2 Å². The predicted molar refractivity (Wildman–Crippen MR) is 69.4 cm³/mol. The lowest BCUT2D eigenvalue weighted by molar-refractivity contribution is 0.333. The van der Waals surface area contributed by atoms with Crippen molar-refractivity contribution in [1.82, 2.24) is 9.97 Å². The fraction of sp³-hybridized carbons (Fsp3) is 0.167. The molecule has 1 heterocycles. The Hall–Kier alpha value is -2.61. The van der Waals surface area contributed by atoms with Gasteiger partial charge in [-0.05, 0) is 12.1 Å². The van der Waals surface area contributed by atoms with Gasteiger partial charge in [0.2, 0.25) is 17.5 Å². The molecule has 0 spiro atoms. The van der Waals surface area contributed by atoms with Gasteiger partial charge in [0.15, 0.2) is 11.5 Å². The van der Waals surface area contributed by atoms with Crippen LogP contribution in [0.4, 0.5) is 10.3 Å². The average Bonchev–Trinajstić information content (AvgIpc) is 2.49. The number of benzene rings is 1. The molecule has 0 aliphatic rings. The molecule has 0 atom stereocenters. The number of rotatable bonds is 5. The van der Waals surface area contributed by atoms with E-state index in [4.69, 9.17) is 20.1 Å². The van der Waals surface area contributed by atoms with Crippen molar-refractivity contribution < 1.29 is 18.6 Å². The average molecular weight is 280 g/mol. The molecular weight excluding hydrogens is 267 g/mol. The van der Waals surface area contributed by atoms with Crippen LogP contribution in [-0.4, -0.2) is 24.2 Å². The SMILES string of the molecule is COc1cccc(OC)c1Oc1nc(NN)ncc1F. The predicted octanol–water partition coefficient (Wildman–Crippen LogP) is 1.71. The van der Waals surface area contributed by atoms with E-state index < -0.39 is 5.82 Å². The van der Waals surface area contributed by atoms with Gasteiger partial charge in [-0.25, -0.2) is 10.8 Å². The van der Waals surface area contributed by atoms with Gasteiger partial charge in [-0.1, -0.05) is 6.07 Å². The molecule has 0 saturated heterocycles. The van der Waals surface area contributed by atoms with Crippen molar-refractivity contribution in [3.05, 3.63) is 30.2 Å². The fourth-order valence-electron chi connectivity index (χ4n) is 1.51. The zero-order chi connectivity index (χ0) is 14.5. The highest BCUT2D eigenvalue weighted by Crippen LogP contribution is 2.39. The first-order valence-electron chi connectivity index (χ1n) is 5.57. The van der Waals surface area contributed by atoms with Crippen LogP contribution in [0, 0.1) is 5.82 Å². The normalized spacial score (nSPS) is 10.0. The van der Waals surface area contributed by atoms with Crippen LogP contribution in [0.2, 0.25) is 0 Å². The van der Waals surface area contributed by atoms with Crippen molar-refractivity contribution in [1.29, 1.82) is 0 Å². The summed E-state index contributed by atoms with van der Waals surface area (Å²) in [5.41, 5.74) is 2.21. The maximum atomic E-state index is 13.7. The van der Waals surface area contributed by atoms with Crippen molar-refractivity contribution >= 4 is 5.95 Å². The summed E-state index contributed by atoms with van der Waals surface area (Å²) in [6, 6.07) is 5.02. The lowest BCUT2D eigenvalue weighted by Gasteiger charge is -2.13. The fourth-order valence-corrected chi connectivity index (χ4v) is 1.51. The van der Waals surface area contributed by atoms with E-state index in [0.717, 1.165) is 6.20 Å². The summed E-state index contributed by atoms with van der Waals surface area (Å²) >= 11 is 0. The molecule has 20 heavy (non-hydrogen) atoms. The number of methoxy groups -OCH3 is 2. The van der Waals surface area contributed by atoms with E-state index in [0.29, 0.717) is 11.5 Å². The van der Waals surface area contributed by atoms with Gasteiger partial charge in [-0.3, -0.25) is 5.43 Å². The van der Waals surface area contributed by atoms with Crippen molar-refractivity contribution in [2.75, 3.05) is 19.6 Å². The molecule has 8 heteroatoms. The van der Waals surface area contributed by atoms with E-state index in [9.17, 15) is 4.39 Å². The van der Waals surface area contributed by atoms with Gasteiger partial charge in [0.1, 0.15) is 0 Å². The highest BCUT2D eigenvalue weighted by atomic mass is 19.1. The van der Waals surface area contributed by atoms with Crippen molar-refractivity contribution in [2.24, 2.45) is 5.84 Å². The molecule has 2 aromatic rings. The summed E-state index contributed by atoms with van der Waals surface area (Å²) in [6.45, 7) is 0. The van der Waals surface area contributed by atoms with Gasteiger partial charge in [0, 0.05) is 0 Å². The highest BCUT2D eigenvalue weighted by molar-refractivity contribution is 5.52. The monoisotopic (exact) mass is 280 g/mol. The molecule has 0 aliphatic carbocycles. The first-order chi connectivity index (χ1) is 9.69. The van der Waals surface area contributed by atoms with Crippen LogP contribution < -0.4 is 25.5 Å². The summed E-state index contributed by atoms with van der Waals surface area (Å²) in [4.78, 5) is 7.40. The summed E-state index contributed by atoms with van der Waals surface area (Å²) in [6.07, 6.45) is 0.944. The highest BCUT2D eigenvalue weighted by Gasteiger charge is 2.16. The number of halogens is 1. The quantitative estimate of drug-likeness (QED) is 0.636. The minimum absolute atomic E-state index is 0.0234. The zero-order valence-electron chi connectivity index (χ0n) is 10.9. The van der Waals surface area contributed by atoms with Crippen molar-refractivity contribution in [3.63, 3.8) is 0 Å². The number of nitrogens with one attached hydrogen (secondary N) is 1. The summed E-state index contributed by atoms with van der Waals surface area (Å²) in [7, 11) is 2.93. The maximum Gasteiger partial charge on any atom is 0.261 e. The van der Waals surface area contributed by atoms with Crippen LogP contribution in [0.15, 0.2) is 24.4 Å². The minimum Gasteiger partial charge on any atom is -0.493 e. The number of para-hydroxylation sites is 1. The lowest BCUT2D eigenvalue weighted by Crippen LogP contribution is -2.11. The lowest BCUT2D eigenvalue weighted by atomic mass is 10.3. The molecule has 0 saturated carbocycles. The number of aromatic nitrogens is 2. The molecule has 0 amide bonds. The second-order valence-corrected chi connectivity index (χ2v) is 3.58. The third kappa shape index (κ3) is 2.69. The Morgan fingerprint density at radius 1 is 1.20 bits per heavy atom. The van der Waals surface area contributed by atoms with E-state index in [1.807, 2.05) is 0 Å². The largest absolute Gasteiger partial charge is 0.493 e. The summed E-state index contributed by atoms with van der Waals surface area (Å²) in [5.74, 6) is 5.13. The Bertz CT molecular complexity index is 587. The van der Waals surface area contributed by atoms with Gasteiger partial charge >= 0.3 is 0 Å². The second-order valence-electron chi connectivity index (χ2n) is 3.58. The zero-order valence-corrected chi connectivity index (χ0v) is 10.9. The topological polar surface area (TPSA) is 91.5 Å². The number of nitrogens with two attached hydrogens (primary N) is 1. The number of nitrogens with zero attached hydrogens (tertiary/aromatic N) is 2. The van der Waals surface area contributed by atoms with Crippen molar-refractivity contribution in [3.8, 4) is 23.1 Å². The molecule has 106 valence electrons. The number of nitrogen functional groups attached to an aromatic ring is 1. The molecule has 1 aromatic carbocycles. The smallest absolute Gasteiger partial charge is 0.261 e. The second kappa shape index (κ2) is 6.02. The molecular formula is C12H13FN4O3. The Labute approximate surface area is 114 Å². The van der Waals surface area contributed by atoms with Crippen LogP contribution in [0.25, 0.3) is 0 Å². The van der Waals surface area contributed by atoms with Crippen LogP contribution in [0.1, 0.15) is 0 Å². The van der Waals surface area contributed by atoms with Crippen LogP contribution in [-0.2, 0) is 0 Å². The van der Waals surface area contributed by atoms with Gasteiger partial charge in [-0.2, -0.15) is 9.37 Å². The number of hydrogen-bond acceptors (Lipinski definition) is 7. The van der Waals surface area contributed by atoms with Gasteiger partial charge in [0.05, 0.1) is 20.4 Å². The van der Waals surface area contributed by atoms with Crippen LogP contribution >= 0.6 is 0 Å². The van der Waals surface area contributed by atoms with Crippen LogP contribution in [0.3, 0.4) is 0 Å². The third-order valence-corrected chi connectivity index (χ3v) is 2.42. The standard InChI is InChI=1S/C12H13FN4O3/c1-18-8-4-3-5-9(19-2)10(8)20-11-7(13)6-15-12(16-11)17-14/h3-6H,14H2,1-2H3,(H,15,16,17). The van der Waals surface area contributed by atoms with E-state index in [2.05, 4.69) is 15.4 Å². The Kier molecular flexibility index (Phi) is 4.16. The molecule has 0 fully saturated rings. The molecule has 3 N–H and O–H groups in total. The number of ether oxygens (including phenoxy) is 3. The Morgan fingerprint density at radius 3 is 2.40 bits per heavy atom. The molecule has 0 bridgehead atoms. The number of hydrogen-bond donors (Lipinski definition) is 2.